The fourth-order valence-corrected chi connectivity index (χ4v) is 4.69. The summed E-state index contributed by atoms with van der Waals surface area (Å²) in [5.74, 6) is 1.29. The van der Waals surface area contributed by atoms with Gasteiger partial charge in [0.25, 0.3) is 0 Å². The largest absolute Gasteiger partial charge is 0.362 e. The van der Waals surface area contributed by atoms with Gasteiger partial charge in [-0.05, 0) is 84.2 Å². The fraction of sp³-hybridized carbons (Fsp3) is 0.348. The molecule has 0 amide bonds. The number of fused-ring (bicyclic) bond motifs is 1. The molecule has 1 fully saturated rings. The Kier molecular flexibility index (Phi) is 7.05. The summed E-state index contributed by atoms with van der Waals surface area (Å²) in [7, 11) is 3.99. The van der Waals surface area contributed by atoms with E-state index in [9.17, 15) is 4.39 Å². The SMILES string of the molecule is CN(C)c1nc(N[C@H]2CC[C@@H](NC(=S)Nc3ccc(F)cc3Br)CC2)nc2ccccc12. The van der Waals surface area contributed by atoms with Crippen LogP contribution in [0, 0.1) is 5.82 Å². The molecule has 0 radical (unpaired) electrons. The third-order valence-corrected chi connectivity index (χ3v) is 6.46. The van der Waals surface area contributed by atoms with Crippen molar-refractivity contribution in [1.82, 2.24) is 15.3 Å². The molecular weight excluding hydrogens is 491 g/mol. The molecule has 0 atom stereocenters. The van der Waals surface area contributed by atoms with Crippen LogP contribution in [-0.2, 0) is 0 Å². The molecule has 1 aliphatic rings. The average Bonchev–Trinajstić information content (AvgIpc) is 2.76. The summed E-state index contributed by atoms with van der Waals surface area (Å²) in [6.45, 7) is 0. The number of hydrogen-bond acceptors (Lipinski definition) is 5. The van der Waals surface area contributed by atoms with Gasteiger partial charge in [-0.2, -0.15) is 4.98 Å². The highest BCUT2D eigenvalue weighted by Crippen LogP contribution is 2.27. The first-order valence-electron chi connectivity index (χ1n) is 10.6. The summed E-state index contributed by atoms with van der Waals surface area (Å²) < 4.78 is 13.9. The summed E-state index contributed by atoms with van der Waals surface area (Å²) >= 11 is 8.81. The van der Waals surface area contributed by atoms with Crippen LogP contribution < -0.4 is 20.9 Å². The second kappa shape index (κ2) is 9.95. The summed E-state index contributed by atoms with van der Waals surface area (Å²) in [6.07, 6.45) is 3.96. The van der Waals surface area contributed by atoms with Crippen LogP contribution in [-0.4, -0.2) is 41.3 Å². The van der Waals surface area contributed by atoms with Gasteiger partial charge in [0.05, 0.1) is 11.2 Å². The Labute approximate surface area is 201 Å². The van der Waals surface area contributed by atoms with E-state index >= 15 is 0 Å². The third-order valence-electron chi connectivity index (χ3n) is 5.58. The molecule has 168 valence electrons. The number of hydrogen-bond donors (Lipinski definition) is 3. The van der Waals surface area contributed by atoms with E-state index in [-0.39, 0.29) is 5.82 Å². The Morgan fingerprint density at radius 1 is 1.06 bits per heavy atom. The average molecular weight is 517 g/mol. The first kappa shape index (κ1) is 22.7. The number of benzene rings is 2. The van der Waals surface area contributed by atoms with E-state index in [0.29, 0.717) is 27.6 Å². The Bertz CT molecular complexity index is 1120. The predicted octanol–water partition coefficient (Wildman–Crippen LogP) is 5.31. The molecular formula is C23H26BrFN6S. The number of rotatable bonds is 5. The topological polar surface area (TPSA) is 65.1 Å². The fourth-order valence-electron chi connectivity index (χ4n) is 3.96. The number of thiocarbonyl (C=S) groups is 1. The molecule has 9 heteroatoms. The molecule has 1 aliphatic carbocycles. The number of aromatic nitrogens is 2. The lowest BCUT2D eigenvalue weighted by atomic mass is 9.91. The summed E-state index contributed by atoms with van der Waals surface area (Å²) in [5.41, 5.74) is 1.68. The molecule has 0 unspecified atom stereocenters. The van der Waals surface area contributed by atoms with Crippen molar-refractivity contribution in [2.75, 3.05) is 29.6 Å². The lowest BCUT2D eigenvalue weighted by molar-refractivity contribution is 0.387. The number of nitrogens with zero attached hydrogens (tertiary/aromatic N) is 3. The van der Waals surface area contributed by atoms with Crippen molar-refractivity contribution in [3.05, 3.63) is 52.8 Å². The van der Waals surface area contributed by atoms with Gasteiger partial charge in [-0.15, -0.1) is 0 Å². The molecule has 1 saturated carbocycles. The van der Waals surface area contributed by atoms with Crippen LogP contribution in [0.5, 0.6) is 0 Å². The molecule has 4 rings (SSSR count). The second-order valence-corrected chi connectivity index (χ2v) is 9.46. The Hall–Kier alpha value is -2.52. The molecule has 1 heterocycles. The monoisotopic (exact) mass is 516 g/mol. The quantitative estimate of drug-likeness (QED) is 0.397. The maximum Gasteiger partial charge on any atom is 0.225 e. The first-order chi connectivity index (χ1) is 15.4. The highest BCUT2D eigenvalue weighted by atomic mass is 79.9. The van der Waals surface area contributed by atoms with Gasteiger partial charge in [-0.3, -0.25) is 0 Å². The van der Waals surface area contributed by atoms with Gasteiger partial charge in [0.2, 0.25) is 5.95 Å². The number of nitrogens with one attached hydrogen (secondary N) is 3. The van der Waals surface area contributed by atoms with Gasteiger partial charge < -0.3 is 20.9 Å². The maximum atomic E-state index is 13.3. The normalized spacial score (nSPS) is 18.2. The smallest absolute Gasteiger partial charge is 0.225 e. The zero-order chi connectivity index (χ0) is 22.7. The Morgan fingerprint density at radius 3 is 2.50 bits per heavy atom. The molecule has 6 nitrogen and oxygen atoms in total. The first-order valence-corrected chi connectivity index (χ1v) is 11.8. The lowest BCUT2D eigenvalue weighted by Crippen LogP contribution is -2.42. The van der Waals surface area contributed by atoms with Crippen LogP contribution in [0.2, 0.25) is 0 Å². The van der Waals surface area contributed by atoms with Crippen molar-refractivity contribution >= 4 is 61.6 Å². The molecule has 3 N–H and O–H groups in total. The molecule has 3 aromatic rings. The summed E-state index contributed by atoms with van der Waals surface area (Å²) in [6, 6.07) is 13.2. The Balaban J connectivity index is 1.32. The van der Waals surface area contributed by atoms with Crippen LogP contribution in [0.15, 0.2) is 46.9 Å². The Morgan fingerprint density at radius 2 is 1.78 bits per heavy atom. The van der Waals surface area contributed by atoms with Gasteiger partial charge in [0.15, 0.2) is 5.11 Å². The van der Waals surface area contributed by atoms with Crippen LogP contribution in [0.3, 0.4) is 0 Å². The van der Waals surface area contributed by atoms with Crippen LogP contribution in [0.1, 0.15) is 25.7 Å². The molecule has 0 bridgehead atoms. The highest BCUT2D eigenvalue weighted by molar-refractivity contribution is 9.10. The van der Waals surface area contributed by atoms with Crippen molar-refractivity contribution in [3.8, 4) is 0 Å². The van der Waals surface area contributed by atoms with Crippen molar-refractivity contribution in [3.63, 3.8) is 0 Å². The minimum atomic E-state index is -0.291. The zero-order valence-corrected chi connectivity index (χ0v) is 20.4. The van der Waals surface area contributed by atoms with Crippen LogP contribution in [0.25, 0.3) is 10.9 Å². The van der Waals surface area contributed by atoms with Crippen molar-refractivity contribution in [2.24, 2.45) is 0 Å². The van der Waals surface area contributed by atoms with Crippen molar-refractivity contribution < 1.29 is 4.39 Å². The van der Waals surface area contributed by atoms with Crippen LogP contribution in [0.4, 0.5) is 21.8 Å². The van der Waals surface area contributed by atoms with Gasteiger partial charge >= 0.3 is 0 Å². The van der Waals surface area contributed by atoms with E-state index in [4.69, 9.17) is 22.2 Å². The minimum absolute atomic E-state index is 0.291. The van der Waals surface area contributed by atoms with E-state index in [1.54, 1.807) is 6.07 Å². The lowest BCUT2D eigenvalue weighted by Gasteiger charge is -2.30. The van der Waals surface area contributed by atoms with Crippen molar-refractivity contribution in [2.45, 2.75) is 37.8 Å². The molecule has 0 saturated heterocycles. The minimum Gasteiger partial charge on any atom is -0.362 e. The number of halogens is 2. The third kappa shape index (κ3) is 5.45. The van der Waals surface area contributed by atoms with Gasteiger partial charge in [0, 0.05) is 36.0 Å². The zero-order valence-electron chi connectivity index (χ0n) is 18.0. The standard InChI is InChI=1S/C23H26BrFN6S/c1-31(2)21-17-5-3-4-6-19(17)28-22(30-21)26-15-8-10-16(11-9-15)27-23(32)29-20-12-7-14(25)13-18(20)24/h3-7,12-13,15-16H,8-11H2,1-2H3,(H,26,28,30)(H2,27,29,32)/t15-,16+. The van der Waals surface area contributed by atoms with E-state index in [1.807, 2.05) is 43.3 Å². The number of anilines is 3. The number of para-hydroxylation sites is 1. The molecule has 0 aliphatic heterocycles. The van der Waals surface area contributed by atoms with E-state index in [1.165, 1.54) is 12.1 Å². The van der Waals surface area contributed by atoms with E-state index in [2.05, 4.69) is 31.9 Å². The van der Waals surface area contributed by atoms with Crippen molar-refractivity contribution in [1.29, 1.82) is 0 Å². The molecule has 2 aromatic carbocycles. The van der Waals surface area contributed by atoms with Gasteiger partial charge in [-0.1, -0.05) is 12.1 Å². The second-order valence-electron chi connectivity index (χ2n) is 8.20. The predicted molar refractivity (Wildman–Crippen MR) is 137 cm³/mol. The highest BCUT2D eigenvalue weighted by Gasteiger charge is 2.23. The van der Waals surface area contributed by atoms with Gasteiger partial charge in [0.1, 0.15) is 11.6 Å². The summed E-state index contributed by atoms with van der Waals surface area (Å²) in [5, 5.41) is 11.6. The maximum absolute atomic E-state index is 13.3. The summed E-state index contributed by atoms with van der Waals surface area (Å²) in [4.78, 5) is 11.5. The molecule has 0 spiro atoms. The van der Waals surface area contributed by atoms with Gasteiger partial charge in [-0.25, -0.2) is 9.37 Å². The molecule has 1 aromatic heterocycles. The van der Waals surface area contributed by atoms with E-state index < -0.39 is 0 Å². The van der Waals surface area contributed by atoms with Crippen LogP contribution >= 0.6 is 28.1 Å². The molecule has 32 heavy (non-hydrogen) atoms. The van der Waals surface area contributed by atoms with E-state index in [0.717, 1.165) is 48.1 Å².